The number of hydrogen-bond donors (Lipinski definition) is 1. The van der Waals surface area contributed by atoms with Gasteiger partial charge in [0.25, 0.3) is 0 Å². The summed E-state index contributed by atoms with van der Waals surface area (Å²) in [6.07, 6.45) is 1.68. The maximum absolute atomic E-state index is 5.36. The van der Waals surface area contributed by atoms with E-state index in [9.17, 15) is 0 Å². The van der Waals surface area contributed by atoms with E-state index in [0.29, 0.717) is 18.4 Å². The van der Waals surface area contributed by atoms with Gasteiger partial charge in [-0.15, -0.1) is 0 Å². The third-order valence-electron chi connectivity index (χ3n) is 2.88. The van der Waals surface area contributed by atoms with Crippen molar-refractivity contribution in [3.63, 3.8) is 0 Å². The number of hydrogen-bond acceptors (Lipinski definition) is 5. The molecular formula is C15H19N3O2. The van der Waals surface area contributed by atoms with Crippen molar-refractivity contribution in [2.45, 2.75) is 19.9 Å². The van der Waals surface area contributed by atoms with Crippen LogP contribution in [0.3, 0.4) is 0 Å². The van der Waals surface area contributed by atoms with E-state index < -0.39 is 0 Å². The third kappa shape index (κ3) is 3.60. The van der Waals surface area contributed by atoms with Gasteiger partial charge >= 0.3 is 0 Å². The van der Waals surface area contributed by atoms with Crippen LogP contribution in [0, 0.1) is 0 Å². The van der Waals surface area contributed by atoms with Crippen LogP contribution in [0.5, 0.6) is 11.6 Å². The van der Waals surface area contributed by atoms with Crippen molar-refractivity contribution < 1.29 is 9.47 Å². The summed E-state index contributed by atoms with van der Waals surface area (Å²) in [5, 5.41) is 3.25. The summed E-state index contributed by atoms with van der Waals surface area (Å²) in [6.45, 7) is 4.57. The first kappa shape index (κ1) is 14.1. The predicted molar refractivity (Wildman–Crippen MR) is 78.2 cm³/mol. The van der Waals surface area contributed by atoms with Crippen LogP contribution in [0.4, 0.5) is 5.95 Å². The highest BCUT2D eigenvalue weighted by molar-refractivity contribution is 5.35. The Morgan fingerprint density at radius 3 is 2.60 bits per heavy atom. The molecular weight excluding hydrogens is 254 g/mol. The Kier molecular flexibility index (Phi) is 4.76. The molecule has 5 nitrogen and oxygen atoms in total. The SMILES string of the molecule is CCOc1ccnc(NC(C)c2ccc(OC)cc2)n1. The molecule has 2 rings (SSSR count). The second-order valence-corrected chi connectivity index (χ2v) is 4.29. The molecule has 1 aromatic heterocycles. The Labute approximate surface area is 119 Å². The van der Waals surface area contributed by atoms with Gasteiger partial charge in [-0.3, -0.25) is 0 Å². The van der Waals surface area contributed by atoms with Crippen LogP contribution in [0.1, 0.15) is 25.5 Å². The van der Waals surface area contributed by atoms with Gasteiger partial charge in [-0.25, -0.2) is 4.98 Å². The van der Waals surface area contributed by atoms with Gasteiger partial charge < -0.3 is 14.8 Å². The highest BCUT2D eigenvalue weighted by atomic mass is 16.5. The summed E-state index contributed by atoms with van der Waals surface area (Å²) < 4.78 is 10.5. The maximum Gasteiger partial charge on any atom is 0.226 e. The van der Waals surface area contributed by atoms with Crippen molar-refractivity contribution in [1.82, 2.24) is 9.97 Å². The lowest BCUT2D eigenvalue weighted by atomic mass is 10.1. The van der Waals surface area contributed by atoms with E-state index in [1.807, 2.05) is 31.2 Å². The molecule has 0 amide bonds. The van der Waals surface area contributed by atoms with Crippen LogP contribution in [0.25, 0.3) is 0 Å². The molecule has 0 aliphatic rings. The van der Waals surface area contributed by atoms with Crippen LogP contribution in [0.2, 0.25) is 0 Å². The van der Waals surface area contributed by atoms with E-state index in [4.69, 9.17) is 9.47 Å². The van der Waals surface area contributed by atoms with Crippen LogP contribution in [0.15, 0.2) is 36.5 Å². The zero-order valence-corrected chi connectivity index (χ0v) is 12.0. The number of methoxy groups -OCH3 is 1. The first-order chi connectivity index (χ1) is 9.72. The number of anilines is 1. The smallest absolute Gasteiger partial charge is 0.226 e. The molecule has 106 valence electrons. The highest BCUT2D eigenvalue weighted by Gasteiger charge is 2.08. The number of ether oxygens (including phenoxy) is 2. The van der Waals surface area contributed by atoms with Crippen molar-refractivity contribution in [2.75, 3.05) is 19.0 Å². The molecule has 0 fully saturated rings. The van der Waals surface area contributed by atoms with Crippen LogP contribution >= 0.6 is 0 Å². The molecule has 0 aliphatic heterocycles. The fraction of sp³-hybridized carbons (Fsp3) is 0.333. The molecule has 0 radical (unpaired) electrons. The summed E-state index contributed by atoms with van der Waals surface area (Å²) in [5.41, 5.74) is 1.14. The van der Waals surface area contributed by atoms with E-state index in [1.54, 1.807) is 19.4 Å². The van der Waals surface area contributed by atoms with Crippen molar-refractivity contribution >= 4 is 5.95 Å². The van der Waals surface area contributed by atoms with Gasteiger partial charge in [-0.2, -0.15) is 4.98 Å². The van der Waals surface area contributed by atoms with E-state index in [2.05, 4.69) is 22.2 Å². The van der Waals surface area contributed by atoms with E-state index in [1.165, 1.54) is 0 Å². The summed E-state index contributed by atoms with van der Waals surface area (Å²) >= 11 is 0. The van der Waals surface area contributed by atoms with E-state index in [-0.39, 0.29) is 6.04 Å². The standard InChI is InChI=1S/C15H19N3O2/c1-4-20-14-9-10-16-15(18-14)17-11(2)12-5-7-13(19-3)8-6-12/h5-11H,4H2,1-3H3,(H,16,17,18). The molecule has 1 heterocycles. The van der Waals surface area contributed by atoms with E-state index >= 15 is 0 Å². The predicted octanol–water partition coefficient (Wildman–Crippen LogP) is 3.06. The van der Waals surface area contributed by atoms with Crippen molar-refractivity contribution in [2.24, 2.45) is 0 Å². The minimum absolute atomic E-state index is 0.0952. The first-order valence-electron chi connectivity index (χ1n) is 6.59. The van der Waals surface area contributed by atoms with Crippen LogP contribution in [-0.4, -0.2) is 23.7 Å². The van der Waals surface area contributed by atoms with Gasteiger partial charge in [0.2, 0.25) is 11.8 Å². The lowest BCUT2D eigenvalue weighted by Crippen LogP contribution is -2.09. The van der Waals surface area contributed by atoms with Crippen molar-refractivity contribution in [3.8, 4) is 11.6 Å². The minimum Gasteiger partial charge on any atom is -0.497 e. The number of aromatic nitrogens is 2. The number of nitrogens with one attached hydrogen (secondary N) is 1. The molecule has 0 bridgehead atoms. The lowest BCUT2D eigenvalue weighted by Gasteiger charge is -2.15. The van der Waals surface area contributed by atoms with Gasteiger partial charge in [0.15, 0.2) is 0 Å². The number of rotatable bonds is 6. The van der Waals surface area contributed by atoms with Gasteiger partial charge in [0.05, 0.1) is 19.8 Å². The van der Waals surface area contributed by atoms with Gasteiger partial charge in [-0.1, -0.05) is 12.1 Å². The monoisotopic (exact) mass is 273 g/mol. The molecule has 0 saturated heterocycles. The molecule has 1 atom stereocenters. The second kappa shape index (κ2) is 6.75. The second-order valence-electron chi connectivity index (χ2n) is 4.29. The molecule has 2 aromatic rings. The third-order valence-corrected chi connectivity index (χ3v) is 2.88. The van der Waals surface area contributed by atoms with Crippen LogP contribution in [-0.2, 0) is 0 Å². The average molecular weight is 273 g/mol. The fourth-order valence-corrected chi connectivity index (χ4v) is 1.81. The Morgan fingerprint density at radius 1 is 1.20 bits per heavy atom. The molecule has 1 N–H and O–H groups in total. The first-order valence-corrected chi connectivity index (χ1v) is 6.59. The number of benzene rings is 1. The Morgan fingerprint density at radius 2 is 1.95 bits per heavy atom. The molecule has 0 spiro atoms. The summed E-state index contributed by atoms with van der Waals surface area (Å²) in [5.74, 6) is 1.97. The topological polar surface area (TPSA) is 56.3 Å². The van der Waals surface area contributed by atoms with Crippen LogP contribution < -0.4 is 14.8 Å². The van der Waals surface area contributed by atoms with Gasteiger partial charge in [0.1, 0.15) is 5.75 Å². The normalized spacial score (nSPS) is 11.8. The van der Waals surface area contributed by atoms with Gasteiger partial charge in [0, 0.05) is 12.3 Å². The van der Waals surface area contributed by atoms with Crippen molar-refractivity contribution in [3.05, 3.63) is 42.1 Å². The summed E-state index contributed by atoms with van der Waals surface area (Å²) in [4.78, 5) is 8.49. The summed E-state index contributed by atoms with van der Waals surface area (Å²) in [6, 6.07) is 9.74. The zero-order chi connectivity index (χ0) is 14.4. The largest absolute Gasteiger partial charge is 0.497 e. The van der Waals surface area contributed by atoms with E-state index in [0.717, 1.165) is 11.3 Å². The molecule has 5 heteroatoms. The highest BCUT2D eigenvalue weighted by Crippen LogP contribution is 2.20. The fourth-order valence-electron chi connectivity index (χ4n) is 1.81. The van der Waals surface area contributed by atoms with Gasteiger partial charge in [-0.05, 0) is 31.5 Å². The zero-order valence-electron chi connectivity index (χ0n) is 12.0. The van der Waals surface area contributed by atoms with Crippen molar-refractivity contribution in [1.29, 1.82) is 0 Å². The Hall–Kier alpha value is -2.30. The molecule has 20 heavy (non-hydrogen) atoms. The Bertz CT molecular complexity index is 543. The maximum atomic E-state index is 5.36. The lowest BCUT2D eigenvalue weighted by molar-refractivity contribution is 0.326. The Balaban J connectivity index is 2.06. The molecule has 0 saturated carbocycles. The minimum atomic E-state index is 0.0952. The molecule has 1 aromatic carbocycles. The molecule has 0 aliphatic carbocycles. The molecule has 1 unspecified atom stereocenters. The average Bonchev–Trinajstić information content (AvgIpc) is 2.48. The quantitative estimate of drug-likeness (QED) is 0.876. The number of nitrogens with zero attached hydrogens (tertiary/aromatic N) is 2. The summed E-state index contributed by atoms with van der Waals surface area (Å²) in [7, 11) is 1.66.